The largest absolute Gasteiger partial charge is 0.449 e. The van der Waals surface area contributed by atoms with Crippen molar-refractivity contribution in [3.8, 4) is 0 Å². The normalized spacial score (nSPS) is 12.0. The van der Waals surface area contributed by atoms with E-state index >= 15 is 0 Å². The Morgan fingerprint density at radius 1 is 1.55 bits per heavy atom. The summed E-state index contributed by atoms with van der Waals surface area (Å²) in [6, 6.07) is 3.59. The Kier molecular flexibility index (Phi) is 2.25. The Hall–Kier alpha value is -0.470. The highest BCUT2D eigenvalue weighted by molar-refractivity contribution is 6.28. The van der Waals surface area contributed by atoms with Crippen LogP contribution in [0, 0.1) is 0 Å². The van der Waals surface area contributed by atoms with E-state index in [2.05, 4.69) is 0 Å². The average molecular weight is 174 g/mol. The van der Waals surface area contributed by atoms with Gasteiger partial charge in [0.2, 0.25) is 0 Å². The lowest BCUT2D eigenvalue weighted by molar-refractivity contribution is 0.392. The Bertz CT molecular complexity index is 242. The fraction of sp³-hybridized carbons (Fsp3) is 0.500. The standard InChI is InChI=1S/C8H12ClNO/c1-8(2,5-10)6-3-4-7(9)11-6/h3-4H,5,10H2,1-2H3. The molecule has 0 aromatic carbocycles. The van der Waals surface area contributed by atoms with Gasteiger partial charge in [0.25, 0.3) is 0 Å². The van der Waals surface area contributed by atoms with Crippen molar-refractivity contribution in [1.82, 2.24) is 0 Å². The smallest absolute Gasteiger partial charge is 0.193 e. The van der Waals surface area contributed by atoms with Gasteiger partial charge in [0.05, 0.1) is 0 Å². The van der Waals surface area contributed by atoms with Crippen LogP contribution in [0.3, 0.4) is 0 Å². The molecule has 1 aromatic heterocycles. The van der Waals surface area contributed by atoms with Gasteiger partial charge in [0, 0.05) is 12.0 Å². The van der Waals surface area contributed by atoms with E-state index in [1.54, 1.807) is 6.07 Å². The van der Waals surface area contributed by atoms with E-state index < -0.39 is 0 Å². The van der Waals surface area contributed by atoms with Gasteiger partial charge in [0.1, 0.15) is 5.76 Å². The van der Waals surface area contributed by atoms with E-state index in [0.717, 1.165) is 5.76 Å². The molecule has 0 bridgehead atoms. The SMILES string of the molecule is CC(C)(CN)c1ccc(Cl)o1. The fourth-order valence-electron chi connectivity index (χ4n) is 0.779. The number of nitrogens with two attached hydrogens (primary N) is 1. The van der Waals surface area contributed by atoms with E-state index in [4.69, 9.17) is 21.8 Å². The molecule has 0 aliphatic heterocycles. The molecule has 0 saturated carbocycles. The van der Waals surface area contributed by atoms with Crippen molar-refractivity contribution in [2.75, 3.05) is 6.54 Å². The predicted octanol–water partition coefficient (Wildman–Crippen LogP) is 2.17. The minimum absolute atomic E-state index is 0.118. The second-order valence-electron chi connectivity index (χ2n) is 3.19. The molecule has 0 spiro atoms. The molecule has 2 N–H and O–H groups in total. The first-order valence-electron chi connectivity index (χ1n) is 3.52. The predicted molar refractivity (Wildman–Crippen MR) is 45.8 cm³/mol. The highest BCUT2D eigenvalue weighted by Gasteiger charge is 2.22. The van der Waals surface area contributed by atoms with E-state index in [0.29, 0.717) is 11.8 Å². The Morgan fingerprint density at radius 2 is 2.18 bits per heavy atom. The second kappa shape index (κ2) is 2.88. The van der Waals surface area contributed by atoms with Gasteiger partial charge in [0.15, 0.2) is 5.22 Å². The maximum atomic E-state index is 5.62. The Labute approximate surface area is 71.3 Å². The third-order valence-electron chi connectivity index (χ3n) is 1.75. The molecule has 0 saturated heterocycles. The third-order valence-corrected chi connectivity index (χ3v) is 1.95. The van der Waals surface area contributed by atoms with Crippen LogP contribution in [0.2, 0.25) is 5.22 Å². The van der Waals surface area contributed by atoms with Crippen molar-refractivity contribution in [2.24, 2.45) is 5.73 Å². The zero-order chi connectivity index (χ0) is 8.48. The van der Waals surface area contributed by atoms with Gasteiger partial charge >= 0.3 is 0 Å². The van der Waals surface area contributed by atoms with E-state index in [1.165, 1.54) is 0 Å². The molecular weight excluding hydrogens is 162 g/mol. The highest BCUT2D eigenvalue weighted by atomic mass is 35.5. The summed E-state index contributed by atoms with van der Waals surface area (Å²) in [5, 5.41) is 0.418. The first-order chi connectivity index (χ1) is 5.06. The van der Waals surface area contributed by atoms with Gasteiger partial charge in [-0.3, -0.25) is 0 Å². The molecule has 1 heterocycles. The molecular formula is C8H12ClNO. The molecule has 3 heteroatoms. The Balaban J connectivity index is 2.92. The molecule has 0 fully saturated rings. The number of hydrogen-bond donors (Lipinski definition) is 1. The monoisotopic (exact) mass is 173 g/mol. The van der Waals surface area contributed by atoms with Crippen molar-refractivity contribution < 1.29 is 4.42 Å². The van der Waals surface area contributed by atoms with Crippen LogP contribution in [-0.2, 0) is 5.41 Å². The molecule has 62 valence electrons. The second-order valence-corrected chi connectivity index (χ2v) is 3.56. The van der Waals surface area contributed by atoms with Crippen LogP contribution in [0.25, 0.3) is 0 Å². The van der Waals surface area contributed by atoms with Crippen molar-refractivity contribution in [3.63, 3.8) is 0 Å². The summed E-state index contributed by atoms with van der Waals surface area (Å²) in [6.45, 7) is 4.58. The highest BCUT2D eigenvalue weighted by Crippen LogP contribution is 2.25. The number of halogens is 1. The molecule has 0 aliphatic rings. The molecule has 0 atom stereocenters. The quantitative estimate of drug-likeness (QED) is 0.745. The maximum absolute atomic E-state index is 5.62. The number of hydrogen-bond acceptors (Lipinski definition) is 2. The number of rotatable bonds is 2. The minimum atomic E-state index is -0.118. The summed E-state index contributed by atoms with van der Waals surface area (Å²) in [6.07, 6.45) is 0. The average Bonchev–Trinajstić information content (AvgIpc) is 2.36. The summed E-state index contributed by atoms with van der Waals surface area (Å²) in [4.78, 5) is 0. The maximum Gasteiger partial charge on any atom is 0.193 e. The third kappa shape index (κ3) is 1.76. The molecule has 0 radical (unpaired) electrons. The summed E-state index contributed by atoms with van der Waals surface area (Å²) >= 11 is 5.62. The molecule has 1 rings (SSSR count). The first kappa shape index (κ1) is 8.62. The van der Waals surface area contributed by atoms with Crippen LogP contribution in [0.4, 0.5) is 0 Å². The number of furan rings is 1. The lowest BCUT2D eigenvalue weighted by Gasteiger charge is -2.18. The minimum Gasteiger partial charge on any atom is -0.449 e. The van der Waals surface area contributed by atoms with Crippen molar-refractivity contribution in [3.05, 3.63) is 23.1 Å². The molecule has 2 nitrogen and oxygen atoms in total. The van der Waals surface area contributed by atoms with Gasteiger partial charge in [-0.2, -0.15) is 0 Å². The van der Waals surface area contributed by atoms with Gasteiger partial charge in [-0.25, -0.2) is 0 Å². The van der Waals surface area contributed by atoms with E-state index in [-0.39, 0.29) is 5.41 Å². The summed E-state index contributed by atoms with van der Waals surface area (Å²) in [5.41, 5.74) is 5.43. The zero-order valence-electron chi connectivity index (χ0n) is 6.73. The lowest BCUT2D eigenvalue weighted by Crippen LogP contribution is -2.27. The van der Waals surface area contributed by atoms with Gasteiger partial charge in [-0.05, 0) is 23.7 Å². The van der Waals surface area contributed by atoms with Crippen LogP contribution in [0.15, 0.2) is 16.5 Å². The van der Waals surface area contributed by atoms with Gasteiger partial charge in [-0.1, -0.05) is 13.8 Å². The van der Waals surface area contributed by atoms with E-state index in [1.807, 2.05) is 19.9 Å². The zero-order valence-corrected chi connectivity index (χ0v) is 7.48. The van der Waals surface area contributed by atoms with E-state index in [9.17, 15) is 0 Å². The van der Waals surface area contributed by atoms with Gasteiger partial charge < -0.3 is 10.2 Å². The van der Waals surface area contributed by atoms with Crippen molar-refractivity contribution in [2.45, 2.75) is 19.3 Å². The van der Waals surface area contributed by atoms with Crippen LogP contribution < -0.4 is 5.73 Å². The summed E-state index contributed by atoms with van der Waals surface area (Å²) in [7, 11) is 0. The topological polar surface area (TPSA) is 39.2 Å². The van der Waals surface area contributed by atoms with Crippen LogP contribution in [-0.4, -0.2) is 6.54 Å². The van der Waals surface area contributed by atoms with Crippen LogP contribution in [0.5, 0.6) is 0 Å². The fourth-order valence-corrected chi connectivity index (χ4v) is 0.925. The van der Waals surface area contributed by atoms with Crippen molar-refractivity contribution in [1.29, 1.82) is 0 Å². The van der Waals surface area contributed by atoms with Crippen LogP contribution in [0.1, 0.15) is 19.6 Å². The summed E-state index contributed by atoms with van der Waals surface area (Å²) < 4.78 is 5.22. The lowest BCUT2D eigenvalue weighted by atomic mass is 9.91. The first-order valence-corrected chi connectivity index (χ1v) is 3.90. The molecule has 0 aliphatic carbocycles. The molecule has 0 unspecified atom stereocenters. The van der Waals surface area contributed by atoms with Crippen molar-refractivity contribution >= 4 is 11.6 Å². The summed E-state index contributed by atoms with van der Waals surface area (Å²) in [5.74, 6) is 0.838. The molecule has 11 heavy (non-hydrogen) atoms. The molecule has 1 aromatic rings. The van der Waals surface area contributed by atoms with Crippen LogP contribution >= 0.6 is 11.6 Å². The van der Waals surface area contributed by atoms with Gasteiger partial charge in [-0.15, -0.1) is 0 Å². The molecule has 0 amide bonds. The Morgan fingerprint density at radius 3 is 2.55 bits per heavy atom.